The molecule has 0 aliphatic heterocycles. The van der Waals surface area contributed by atoms with Crippen molar-refractivity contribution in [1.29, 1.82) is 0 Å². The minimum absolute atomic E-state index is 0.134. The lowest BCUT2D eigenvalue weighted by atomic mass is 10.1. The van der Waals surface area contributed by atoms with Gasteiger partial charge in [-0.3, -0.25) is 9.59 Å². The highest BCUT2D eigenvalue weighted by molar-refractivity contribution is 6.37. The van der Waals surface area contributed by atoms with E-state index in [1.54, 1.807) is 62.4 Å². The smallest absolute Gasteiger partial charge is 0.397 e. The van der Waals surface area contributed by atoms with E-state index in [-0.39, 0.29) is 13.2 Å². The van der Waals surface area contributed by atoms with E-state index in [0.29, 0.717) is 11.4 Å². The SMILES string of the molecule is CCOC(=O)C(=O)Nc1ccc(/C=C/c2ccc(NC(=O)C(=O)OCC)cc2)cc1. The summed E-state index contributed by atoms with van der Waals surface area (Å²) in [7, 11) is 0. The number of carbonyl (C=O) groups is 4. The molecule has 0 atom stereocenters. The number of anilines is 2. The predicted molar refractivity (Wildman–Crippen MR) is 112 cm³/mol. The molecule has 8 heteroatoms. The quantitative estimate of drug-likeness (QED) is 0.430. The molecule has 0 aliphatic rings. The molecule has 156 valence electrons. The average Bonchev–Trinajstić information content (AvgIpc) is 2.74. The highest BCUT2D eigenvalue weighted by Gasteiger charge is 2.15. The highest BCUT2D eigenvalue weighted by atomic mass is 16.5. The number of ether oxygens (including phenoxy) is 2. The Morgan fingerprint density at radius 3 is 1.30 bits per heavy atom. The molecular weight excluding hydrogens is 388 g/mol. The third kappa shape index (κ3) is 6.90. The molecule has 0 saturated carbocycles. The van der Waals surface area contributed by atoms with Gasteiger partial charge in [0.1, 0.15) is 0 Å². The van der Waals surface area contributed by atoms with Crippen LogP contribution in [0.4, 0.5) is 11.4 Å². The zero-order chi connectivity index (χ0) is 21.9. The van der Waals surface area contributed by atoms with Gasteiger partial charge >= 0.3 is 23.8 Å². The summed E-state index contributed by atoms with van der Waals surface area (Å²) in [5, 5.41) is 4.92. The Morgan fingerprint density at radius 2 is 1.00 bits per heavy atom. The summed E-state index contributed by atoms with van der Waals surface area (Å²) in [5.74, 6) is -3.50. The van der Waals surface area contributed by atoms with Crippen molar-refractivity contribution in [2.24, 2.45) is 0 Å². The number of rotatable bonds is 6. The summed E-state index contributed by atoms with van der Waals surface area (Å²) in [6, 6.07) is 13.8. The first-order valence-electron chi connectivity index (χ1n) is 9.27. The maximum Gasteiger partial charge on any atom is 0.397 e. The van der Waals surface area contributed by atoms with Crippen molar-refractivity contribution in [1.82, 2.24) is 0 Å². The summed E-state index contributed by atoms with van der Waals surface area (Å²) in [4.78, 5) is 45.9. The number of carbonyl (C=O) groups excluding carboxylic acids is 4. The van der Waals surface area contributed by atoms with Crippen LogP contribution in [-0.2, 0) is 28.7 Å². The maximum atomic E-state index is 11.6. The molecule has 0 spiro atoms. The first-order chi connectivity index (χ1) is 14.4. The van der Waals surface area contributed by atoms with Gasteiger partial charge in [-0.15, -0.1) is 0 Å². The zero-order valence-electron chi connectivity index (χ0n) is 16.6. The van der Waals surface area contributed by atoms with Crippen molar-refractivity contribution >= 4 is 47.3 Å². The minimum atomic E-state index is -0.927. The van der Waals surface area contributed by atoms with Gasteiger partial charge < -0.3 is 20.1 Å². The van der Waals surface area contributed by atoms with Crippen molar-refractivity contribution in [3.05, 3.63) is 59.7 Å². The number of hydrogen-bond donors (Lipinski definition) is 2. The number of benzene rings is 2. The third-order valence-electron chi connectivity index (χ3n) is 3.73. The fraction of sp³-hybridized carbons (Fsp3) is 0.182. The van der Waals surface area contributed by atoms with Crippen LogP contribution < -0.4 is 10.6 Å². The van der Waals surface area contributed by atoms with E-state index in [0.717, 1.165) is 11.1 Å². The van der Waals surface area contributed by atoms with Crippen LogP contribution in [0.3, 0.4) is 0 Å². The molecular formula is C22H22N2O6. The van der Waals surface area contributed by atoms with E-state index in [1.165, 1.54) is 0 Å². The topological polar surface area (TPSA) is 111 Å². The van der Waals surface area contributed by atoms with Gasteiger partial charge in [-0.25, -0.2) is 9.59 Å². The van der Waals surface area contributed by atoms with Gasteiger partial charge in [0.25, 0.3) is 0 Å². The lowest BCUT2D eigenvalue weighted by molar-refractivity contribution is -0.152. The molecule has 2 aromatic carbocycles. The normalized spacial score (nSPS) is 10.3. The summed E-state index contributed by atoms with van der Waals surface area (Å²) in [5.41, 5.74) is 2.71. The van der Waals surface area contributed by atoms with E-state index in [2.05, 4.69) is 20.1 Å². The van der Waals surface area contributed by atoms with Crippen molar-refractivity contribution in [3.8, 4) is 0 Å². The largest absolute Gasteiger partial charge is 0.459 e. The number of esters is 2. The van der Waals surface area contributed by atoms with Gasteiger partial charge in [0.2, 0.25) is 0 Å². The van der Waals surface area contributed by atoms with Gasteiger partial charge in [-0.1, -0.05) is 36.4 Å². The Balaban J connectivity index is 1.92. The highest BCUT2D eigenvalue weighted by Crippen LogP contribution is 2.15. The van der Waals surface area contributed by atoms with Crippen molar-refractivity contribution in [3.63, 3.8) is 0 Å². The van der Waals surface area contributed by atoms with Crippen LogP contribution in [0.15, 0.2) is 48.5 Å². The number of hydrogen-bond acceptors (Lipinski definition) is 6. The van der Waals surface area contributed by atoms with E-state index in [9.17, 15) is 19.2 Å². The standard InChI is InChI=1S/C22H22N2O6/c1-3-29-21(27)19(25)23-17-11-7-15(8-12-17)5-6-16-9-13-18(14-10-16)24-20(26)22(28)30-4-2/h5-14H,3-4H2,1-2H3,(H,23,25)(H,24,26)/b6-5+. The molecule has 2 N–H and O–H groups in total. The second kappa shape index (κ2) is 11.2. The molecule has 0 saturated heterocycles. The second-order valence-corrected chi connectivity index (χ2v) is 5.93. The molecule has 0 bridgehead atoms. The van der Waals surface area contributed by atoms with Crippen LogP contribution in [0.25, 0.3) is 12.2 Å². The van der Waals surface area contributed by atoms with E-state index in [4.69, 9.17) is 0 Å². The third-order valence-corrected chi connectivity index (χ3v) is 3.73. The Morgan fingerprint density at radius 1 is 0.667 bits per heavy atom. The summed E-state index contributed by atoms with van der Waals surface area (Å²) >= 11 is 0. The molecule has 30 heavy (non-hydrogen) atoms. The Labute approximate surface area is 173 Å². The van der Waals surface area contributed by atoms with Crippen LogP contribution in [0.1, 0.15) is 25.0 Å². The fourth-order valence-corrected chi connectivity index (χ4v) is 2.31. The van der Waals surface area contributed by atoms with Crippen LogP contribution in [0.2, 0.25) is 0 Å². The van der Waals surface area contributed by atoms with E-state index >= 15 is 0 Å². The average molecular weight is 410 g/mol. The van der Waals surface area contributed by atoms with Gasteiger partial charge in [0.15, 0.2) is 0 Å². The van der Waals surface area contributed by atoms with E-state index in [1.807, 2.05) is 12.2 Å². The van der Waals surface area contributed by atoms with Gasteiger partial charge in [-0.05, 0) is 49.2 Å². The monoisotopic (exact) mass is 410 g/mol. The van der Waals surface area contributed by atoms with Gasteiger partial charge in [0.05, 0.1) is 13.2 Å². The van der Waals surface area contributed by atoms with Crippen LogP contribution in [-0.4, -0.2) is 37.0 Å². The molecule has 2 amide bonds. The van der Waals surface area contributed by atoms with Crippen LogP contribution in [0.5, 0.6) is 0 Å². The second-order valence-electron chi connectivity index (χ2n) is 5.93. The Bertz CT molecular complexity index is 856. The molecule has 2 aromatic rings. The molecule has 2 rings (SSSR count). The van der Waals surface area contributed by atoms with Crippen LogP contribution in [0, 0.1) is 0 Å². The summed E-state index contributed by atoms with van der Waals surface area (Å²) < 4.78 is 9.26. The Hall–Kier alpha value is -3.94. The van der Waals surface area contributed by atoms with Crippen molar-refractivity contribution in [2.75, 3.05) is 23.8 Å². The lowest BCUT2D eigenvalue weighted by Crippen LogP contribution is -2.24. The maximum absolute atomic E-state index is 11.6. The first-order valence-corrected chi connectivity index (χ1v) is 9.27. The lowest BCUT2D eigenvalue weighted by Gasteiger charge is -2.05. The predicted octanol–water partition coefficient (Wildman–Crippen LogP) is 2.86. The van der Waals surface area contributed by atoms with Gasteiger partial charge in [-0.2, -0.15) is 0 Å². The van der Waals surface area contributed by atoms with Crippen molar-refractivity contribution in [2.45, 2.75) is 13.8 Å². The molecule has 0 unspecified atom stereocenters. The molecule has 0 fully saturated rings. The fourth-order valence-electron chi connectivity index (χ4n) is 2.31. The van der Waals surface area contributed by atoms with Crippen molar-refractivity contribution < 1.29 is 28.7 Å². The van der Waals surface area contributed by atoms with Gasteiger partial charge in [0, 0.05) is 11.4 Å². The molecule has 0 aliphatic carbocycles. The molecule has 8 nitrogen and oxygen atoms in total. The van der Waals surface area contributed by atoms with Crippen LogP contribution >= 0.6 is 0 Å². The first kappa shape index (κ1) is 22.4. The molecule has 0 radical (unpaired) electrons. The number of amides is 2. The summed E-state index contributed by atoms with van der Waals surface area (Å²) in [6.07, 6.45) is 3.73. The Kier molecular flexibility index (Phi) is 8.31. The molecule has 0 heterocycles. The summed E-state index contributed by atoms with van der Waals surface area (Å²) in [6.45, 7) is 3.52. The minimum Gasteiger partial charge on any atom is -0.459 e. The zero-order valence-corrected chi connectivity index (χ0v) is 16.6. The number of nitrogens with one attached hydrogen (secondary N) is 2. The van der Waals surface area contributed by atoms with E-state index < -0.39 is 23.8 Å². The molecule has 0 aromatic heterocycles.